The molecule has 1 aromatic carbocycles. The molecule has 0 saturated heterocycles. The van der Waals surface area contributed by atoms with Crippen LogP contribution in [0.3, 0.4) is 0 Å². The van der Waals surface area contributed by atoms with E-state index in [0.717, 1.165) is 25.3 Å². The van der Waals surface area contributed by atoms with E-state index in [-0.39, 0.29) is 6.10 Å². The number of unbranched alkanes of at least 4 members (excludes halogenated alkanes) is 1. The van der Waals surface area contributed by atoms with Crippen molar-refractivity contribution >= 4 is 19.8 Å². The molecule has 1 rings (SSSR count). The highest BCUT2D eigenvalue weighted by molar-refractivity contribution is 8.02. The topological polar surface area (TPSA) is 20.2 Å². The third-order valence-electron chi connectivity index (χ3n) is 3.37. The number of benzene rings is 1. The van der Waals surface area contributed by atoms with E-state index in [9.17, 15) is 5.11 Å². The standard InChI is InChI=1S/C20H30OSSi/c1-5-6-7-8-12-15-20(21)18(17-23(2,3)4)16-22-19-13-10-9-11-14-19/h5-7,9-11,13-14,16,20-21H,1,8,12,15,17H2,2-4H3/b7-6+,18-16+. The molecule has 3 heteroatoms. The van der Waals surface area contributed by atoms with Crippen LogP contribution in [0.15, 0.2) is 71.0 Å². The smallest absolute Gasteiger partial charge is 0.0755 e. The lowest BCUT2D eigenvalue weighted by Gasteiger charge is -2.22. The second kappa shape index (κ2) is 10.7. The van der Waals surface area contributed by atoms with Gasteiger partial charge in [-0.2, -0.15) is 0 Å². The summed E-state index contributed by atoms with van der Waals surface area (Å²) in [5.41, 5.74) is 1.20. The summed E-state index contributed by atoms with van der Waals surface area (Å²) in [4.78, 5) is 1.22. The summed E-state index contributed by atoms with van der Waals surface area (Å²) in [5, 5.41) is 12.8. The summed E-state index contributed by atoms with van der Waals surface area (Å²) < 4.78 is 0. The molecule has 1 N–H and O–H groups in total. The number of thioether (sulfide) groups is 1. The van der Waals surface area contributed by atoms with Gasteiger partial charge in [0, 0.05) is 13.0 Å². The number of allylic oxidation sites excluding steroid dienone is 3. The van der Waals surface area contributed by atoms with Crippen molar-refractivity contribution in [3.05, 3.63) is 66.1 Å². The molecule has 0 radical (unpaired) electrons. The normalized spacial score (nSPS) is 14.2. The summed E-state index contributed by atoms with van der Waals surface area (Å²) in [5.74, 6) is 0. The van der Waals surface area contributed by atoms with Gasteiger partial charge in [-0.25, -0.2) is 0 Å². The van der Waals surface area contributed by atoms with Crippen LogP contribution in [0.25, 0.3) is 0 Å². The first-order valence-corrected chi connectivity index (χ1v) is 12.9. The molecule has 1 nitrogen and oxygen atoms in total. The van der Waals surface area contributed by atoms with Gasteiger partial charge in [0.25, 0.3) is 0 Å². The lowest BCUT2D eigenvalue weighted by molar-refractivity contribution is 0.198. The fourth-order valence-electron chi connectivity index (χ4n) is 2.30. The Kier molecular flexibility index (Phi) is 9.30. The Morgan fingerprint density at radius 3 is 2.57 bits per heavy atom. The summed E-state index contributed by atoms with van der Waals surface area (Å²) in [6.07, 6.45) is 8.38. The highest BCUT2D eigenvalue weighted by Gasteiger charge is 2.20. The Hall–Kier alpha value is -1.03. The number of rotatable bonds is 10. The van der Waals surface area contributed by atoms with Crippen molar-refractivity contribution in [2.75, 3.05) is 0 Å². The molecule has 1 unspecified atom stereocenters. The average Bonchev–Trinajstić information content (AvgIpc) is 2.51. The van der Waals surface area contributed by atoms with E-state index >= 15 is 0 Å². The first-order chi connectivity index (χ1) is 10.9. The van der Waals surface area contributed by atoms with E-state index in [1.165, 1.54) is 10.5 Å². The predicted octanol–water partition coefficient (Wildman–Crippen LogP) is 6.27. The van der Waals surface area contributed by atoms with Gasteiger partial charge in [0.1, 0.15) is 0 Å². The molecule has 0 bridgehead atoms. The zero-order valence-electron chi connectivity index (χ0n) is 14.7. The van der Waals surface area contributed by atoms with Crippen molar-refractivity contribution in [2.45, 2.75) is 55.9 Å². The third-order valence-corrected chi connectivity index (χ3v) is 5.81. The molecule has 0 spiro atoms. The minimum atomic E-state index is -1.25. The quantitative estimate of drug-likeness (QED) is 0.233. The van der Waals surface area contributed by atoms with Gasteiger partial charge < -0.3 is 5.11 Å². The molecule has 0 aliphatic heterocycles. The average molecular weight is 347 g/mol. The van der Waals surface area contributed by atoms with Crippen LogP contribution >= 0.6 is 11.8 Å². The SMILES string of the molecule is C=C/C=C/CCCC(O)/C(=C/Sc1ccccc1)C[Si](C)(C)C. The largest absolute Gasteiger partial charge is 0.389 e. The van der Waals surface area contributed by atoms with Gasteiger partial charge in [-0.15, -0.1) is 0 Å². The maximum Gasteiger partial charge on any atom is 0.0755 e. The molecule has 0 amide bonds. The van der Waals surface area contributed by atoms with Crippen molar-refractivity contribution in [2.24, 2.45) is 0 Å². The Morgan fingerprint density at radius 2 is 1.96 bits per heavy atom. The lowest BCUT2D eigenvalue weighted by atomic mass is 10.1. The Balaban J connectivity index is 2.67. The monoisotopic (exact) mass is 346 g/mol. The van der Waals surface area contributed by atoms with Crippen molar-refractivity contribution < 1.29 is 5.11 Å². The molecule has 126 valence electrons. The first-order valence-electron chi connectivity index (χ1n) is 8.28. The predicted molar refractivity (Wildman–Crippen MR) is 108 cm³/mol. The van der Waals surface area contributed by atoms with Gasteiger partial charge in [-0.3, -0.25) is 0 Å². The lowest BCUT2D eigenvalue weighted by Crippen LogP contribution is -2.24. The Morgan fingerprint density at radius 1 is 1.26 bits per heavy atom. The van der Waals surface area contributed by atoms with E-state index in [2.05, 4.69) is 62.0 Å². The number of aliphatic hydroxyl groups is 1. The summed E-state index contributed by atoms with van der Waals surface area (Å²) in [6.45, 7) is 10.7. The van der Waals surface area contributed by atoms with Crippen molar-refractivity contribution in [1.29, 1.82) is 0 Å². The highest BCUT2D eigenvalue weighted by atomic mass is 32.2. The van der Waals surface area contributed by atoms with E-state index in [4.69, 9.17) is 0 Å². The second-order valence-corrected chi connectivity index (χ2v) is 13.4. The Bertz CT molecular complexity index is 514. The molecule has 0 fully saturated rings. The maximum absolute atomic E-state index is 10.6. The molecular weight excluding hydrogens is 316 g/mol. The Labute approximate surface area is 147 Å². The zero-order valence-corrected chi connectivity index (χ0v) is 16.5. The minimum Gasteiger partial charge on any atom is -0.389 e. The van der Waals surface area contributed by atoms with Gasteiger partial charge in [0.05, 0.1) is 6.10 Å². The number of hydrogen-bond donors (Lipinski definition) is 1. The van der Waals surface area contributed by atoms with E-state index in [0.29, 0.717) is 0 Å². The van der Waals surface area contributed by atoms with Crippen molar-refractivity contribution in [3.8, 4) is 0 Å². The van der Waals surface area contributed by atoms with Crippen LogP contribution in [-0.4, -0.2) is 19.3 Å². The molecule has 0 aromatic heterocycles. The van der Waals surface area contributed by atoms with Gasteiger partial charge in [0.15, 0.2) is 0 Å². The van der Waals surface area contributed by atoms with E-state index in [1.54, 1.807) is 17.8 Å². The van der Waals surface area contributed by atoms with Crippen LogP contribution < -0.4 is 0 Å². The van der Waals surface area contributed by atoms with Crippen LogP contribution in [0, 0.1) is 0 Å². The van der Waals surface area contributed by atoms with Crippen LogP contribution in [0.5, 0.6) is 0 Å². The van der Waals surface area contributed by atoms with Crippen molar-refractivity contribution in [3.63, 3.8) is 0 Å². The molecular formula is C20H30OSSi. The maximum atomic E-state index is 10.6. The van der Waals surface area contributed by atoms with Crippen LogP contribution in [0.1, 0.15) is 19.3 Å². The molecule has 1 atom stereocenters. The van der Waals surface area contributed by atoms with Gasteiger partial charge in [0.2, 0.25) is 0 Å². The number of aliphatic hydroxyl groups excluding tert-OH is 1. The van der Waals surface area contributed by atoms with Crippen LogP contribution in [0.2, 0.25) is 25.7 Å². The molecule has 0 aliphatic rings. The highest BCUT2D eigenvalue weighted by Crippen LogP contribution is 2.28. The summed E-state index contributed by atoms with van der Waals surface area (Å²) in [7, 11) is -1.25. The first kappa shape index (κ1) is 20.0. The van der Waals surface area contributed by atoms with E-state index < -0.39 is 8.07 Å². The summed E-state index contributed by atoms with van der Waals surface area (Å²) >= 11 is 1.72. The molecule has 0 saturated carbocycles. The van der Waals surface area contributed by atoms with Crippen LogP contribution in [-0.2, 0) is 0 Å². The number of hydrogen-bond acceptors (Lipinski definition) is 2. The van der Waals surface area contributed by atoms with E-state index in [1.807, 2.05) is 12.1 Å². The van der Waals surface area contributed by atoms with Gasteiger partial charge >= 0.3 is 0 Å². The third kappa shape index (κ3) is 9.64. The van der Waals surface area contributed by atoms with Gasteiger partial charge in [-0.05, 0) is 48.4 Å². The van der Waals surface area contributed by atoms with Gasteiger partial charge in [-0.1, -0.05) is 74.4 Å². The molecule has 23 heavy (non-hydrogen) atoms. The molecule has 0 aliphatic carbocycles. The van der Waals surface area contributed by atoms with Crippen molar-refractivity contribution in [1.82, 2.24) is 0 Å². The summed E-state index contributed by atoms with van der Waals surface area (Å²) in [6, 6.07) is 11.4. The van der Waals surface area contributed by atoms with Crippen LogP contribution in [0.4, 0.5) is 0 Å². The molecule has 0 heterocycles. The fourth-order valence-corrected chi connectivity index (χ4v) is 4.85. The molecule has 1 aromatic rings. The second-order valence-electron chi connectivity index (χ2n) is 6.97. The minimum absolute atomic E-state index is 0.324. The zero-order chi connectivity index (χ0) is 17.1. The fraction of sp³-hybridized carbons (Fsp3) is 0.400.